The number of likely N-dealkylation sites (tertiary alicyclic amines) is 1. The Morgan fingerprint density at radius 2 is 1.72 bits per heavy atom. The molecule has 2 heterocycles. The van der Waals surface area contributed by atoms with Crippen LogP contribution in [0.25, 0.3) is 0 Å². The van der Waals surface area contributed by atoms with Gasteiger partial charge in [0.05, 0.1) is 0 Å². The van der Waals surface area contributed by atoms with Crippen molar-refractivity contribution in [3.8, 4) is 0 Å². The number of nitrogens with one attached hydrogen (secondary N) is 1. The van der Waals surface area contributed by atoms with Crippen LogP contribution in [-0.4, -0.2) is 43.2 Å². The zero-order valence-corrected chi connectivity index (χ0v) is 18.0. The van der Waals surface area contributed by atoms with Gasteiger partial charge >= 0.3 is 6.03 Å². The summed E-state index contributed by atoms with van der Waals surface area (Å²) in [5, 5.41) is 4.75. The predicted molar refractivity (Wildman–Crippen MR) is 120 cm³/mol. The minimum Gasteiger partial charge on any atom is -0.334 e. The van der Waals surface area contributed by atoms with E-state index < -0.39 is 0 Å². The summed E-state index contributed by atoms with van der Waals surface area (Å²) >= 11 is 12.5. The van der Waals surface area contributed by atoms with Crippen LogP contribution in [-0.2, 0) is 6.42 Å². The largest absolute Gasteiger partial charge is 0.334 e. The highest BCUT2D eigenvalue weighted by Gasteiger charge is 2.28. The molecule has 4 rings (SSSR count). The number of carbonyl (C=O) groups excluding carboxylic acids is 1. The summed E-state index contributed by atoms with van der Waals surface area (Å²) in [6.45, 7) is 3.83. The second kappa shape index (κ2) is 9.38. The summed E-state index contributed by atoms with van der Waals surface area (Å²) in [5.41, 5.74) is 2.11. The van der Waals surface area contributed by atoms with Crippen LogP contribution in [0.4, 0.5) is 10.5 Å². The quantitative estimate of drug-likeness (QED) is 0.702. The zero-order valence-electron chi connectivity index (χ0n) is 16.5. The molecule has 0 aromatic heterocycles. The van der Waals surface area contributed by atoms with Crippen molar-refractivity contribution in [1.82, 2.24) is 10.2 Å². The van der Waals surface area contributed by atoms with Gasteiger partial charge in [-0.25, -0.2) is 4.79 Å². The van der Waals surface area contributed by atoms with Crippen molar-refractivity contribution < 1.29 is 4.79 Å². The molecule has 0 spiro atoms. The lowest BCUT2D eigenvalue weighted by molar-refractivity contribution is 0.162. The van der Waals surface area contributed by atoms with Gasteiger partial charge in [0.1, 0.15) is 0 Å². The summed E-state index contributed by atoms with van der Waals surface area (Å²) in [7, 11) is 0. The van der Waals surface area contributed by atoms with Crippen molar-refractivity contribution in [1.29, 1.82) is 0 Å². The van der Waals surface area contributed by atoms with Crippen LogP contribution in [0.5, 0.6) is 0 Å². The summed E-state index contributed by atoms with van der Waals surface area (Å²) < 4.78 is 0. The van der Waals surface area contributed by atoms with Crippen molar-refractivity contribution in [2.24, 2.45) is 5.92 Å². The van der Waals surface area contributed by atoms with E-state index in [0.29, 0.717) is 5.92 Å². The van der Waals surface area contributed by atoms with E-state index in [1.165, 1.54) is 0 Å². The number of benzene rings is 2. The van der Waals surface area contributed by atoms with Gasteiger partial charge in [0.15, 0.2) is 0 Å². The van der Waals surface area contributed by atoms with Crippen LogP contribution in [0.2, 0.25) is 10.0 Å². The first-order valence-corrected chi connectivity index (χ1v) is 11.1. The lowest BCUT2D eigenvalue weighted by atomic mass is 9.90. The van der Waals surface area contributed by atoms with E-state index >= 15 is 0 Å². The molecule has 154 valence electrons. The summed E-state index contributed by atoms with van der Waals surface area (Å²) in [6.07, 6.45) is 4.26. The first-order valence-electron chi connectivity index (χ1n) is 10.4. The third-order valence-electron chi connectivity index (χ3n) is 6.04. The Hall–Kier alpha value is -1.75. The number of hydrogen-bond donors (Lipinski definition) is 1. The van der Waals surface area contributed by atoms with Gasteiger partial charge in [0, 0.05) is 34.9 Å². The molecular formula is C23H27Cl2N3O. The molecule has 2 aromatic rings. The Balaban J connectivity index is 1.24. The second-order valence-corrected chi connectivity index (χ2v) is 8.95. The number of rotatable bonds is 5. The van der Waals surface area contributed by atoms with E-state index in [-0.39, 0.29) is 12.1 Å². The molecule has 29 heavy (non-hydrogen) atoms. The zero-order chi connectivity index (χ0) is 20.2. The van der Waals surface area contributed by atoms with Gasteiger partial charge < -0.3 is 10.2 Å². The number of urea groups is 1. The molecule has 2 aromatic carbocycles. The van der Waals surface area contributed by atoms with E-state index in [1.54, 1.807) is 0 Å². The SMILES string of the molecule is O=C1NC(CN2CCC(Cc3cc(Cl)ccc3Cl)CC2)CCN1c1ccccc1. The third kappa shape index (κ3) is 5.25. The van der Waals surface area contributed by atoms with Gasteiger partial charge in [-0.15, -0.1) is 0 Å². The van der Waals surface area contributed by atoms with Crippen molar-refractivity contribution in [3.05, 3.63) is 64.1 Å². The molecule has 0 saturated carbocycles. The number of nitrogens with zero attached hydrogens (tertiary/aromatic N) is 2. The van der Waals surface area contributed by atoms with Crippen LogP contribution >= 0.6 is 23.2 Å². The monoisotopic (exact) mass is 431 g/mol. The van der Waals surface area contributed by atoms with Crippen molar-refractivity contribution in [2.75, 3.05) is 31.1 Å². The van der Waals surface area contributed by atoms with Gasteiger partial charge in [-0.05, 0) is 80.6 Å². The summed E-state index contributed by atoms with van der Waals surface area (Å²) in [5.74, 6) is 0.636. The molecule has 2 amide bonds. The molecule has 6 heteroatoms. The lowest BCUT2D eigenvalue weighted by Gasteiger charge is -2.38. The number of amides is 2. The molecule has 2 aliphatic heterocycles. The number of piperidine rings is 1. The van der Waals surface area contributed by atoms with Crippen LogP contribution in [0.1, 0.15) is 24.8 Å². The van der Waals surface area contributed by atoms with E-state index in [4.69, 9.17) is 23.2 Å². The molecule has 0 aliphatic carbocycles. The normalized spacial score (nSPS) is 21.2. The van der Waals surface area contributed by atoms with Gasteiger partial charge in [-0.2, -0.15) is 0 Å². The second-order valence-electron chi connectivity index (χ2n) is 8.11. The maximum absolute atomic E-state index is 12.5. The molecule has 4 nitrogen and oxygen atoms in total. The van der Waals surface area contributed by atoms with Crippen molar-refractivity contribution in [3.63, 3.8) is 0 Å². The highest BCUT2D eigenvalue weighted by molar-refractivity contribution is 6.33. The number of carbonyl (C=O) groups is 1. The Labute approximate surface area is 182 Å². The Morgan fingerprint density at radius 3 is 2.45 bits per heavy atom. The molecular weight excluding hydrogens is 405 g/mol. The molecule has 1 atom stereocenters. The first kappa shape index (κ1) is 20.5. The Morgan fingerprint density at radius 1 is 0.966 bits per heavy atom. The van der Waals surface area contributed by atoms with Crippen molar-refractivity contribution >= 4 is 34.9 Å². The highest BCUT2D eigenvalue weighted by atomic mass is 35.5. The van der Waals surface area contributed by atoms with E-state index in [0.717, 1.165) is 73.2 Å². The minimum absolute atomic E-state index is 0.0120. The first-order chi connectivity index (χ1) is 14.1. The number of para-hydroxylation sites is 1. The fourth-order valence-electron chi connectivity index (χ4n) is 4.40. The van der Waals surface area contributed by atoms with Gasteiger partial charge in [-0.1, -0.05) is 41.4 Å². The summed E-state index contributed by atoms with van der Waals surface area (Å²) in [4.78, 5) is 16.9. The van der Waals surface area contributed by atoms with Gasteiger partial charge in [0.2, 0.25) is 0 Å². The molecule has 0 bridgehead atoms. The number of halogens is 2. The molecule has 2 fully saturated rings. The number of hydrogen-bond acceptors (Lipinski definition) is 2. The van der Waals surface area contributed by atoms with E-state index in [1.807, 2.05) is 53.4 Å². The van der Waals surface area contributed by atoms with Gasteiger partial charge in [-0.3, -0.25) is 4.90 Å². The third-order valence-corrected chi connectivity index (χ3v) is 6.65. The number of anilines is 1. The molecule has 2 saturated heterocycles. The fourth-order valence-corrected chi connectivity index (χ4v) is 4.79. The average Bonchev–Trinajstić information content (AvgIpc) is 2.73. The van der Waals surface area contributed by atoms with Crippen LogP contribution in [0.3, 0.4) is 0 Å². The predicted octanol–water partition coefficient (Wildman–Crippen LogP) is 5.24. The molecule has 1 N–H and O–H groups in total. The fraction of sp³-hybridized carbons (Fsp3) is 0.435. The standard InChI is InChI=1S/C23H27Cl2N3O/c24-19-6-7-22(25)18(15-19)14-17-8-11-27(12-9-17)16-20-10-13-28(23(29)26-20)21-4-2-1-3-5-21/h1-7,15,17,20H,8-14,16H2,(H,26,29). The average molecular weight is 432 g/mol. The van der Waals surface area contributed by atoms with E-state index in [9.17, 15) is 4.79 Å². The highest BCUT2D eigenvalue weighted by Crippen LogP contribution is 2.28. The lowest BCUT2D eigenvalue weighted by Crippen LogP contribution is -2.56. The Bertz CT molecular complexity index is 837. The molecule has 2 aliphatic rings. The molecule has 0 radical (unpaired) electrons. The molecule has 1 unspecified atom stereocenters. The topological polar surface area (TPSA) is 35.6 Å². The maximum atomic E-state index is 12.5. The van der Waals surface area contributed by atoms with Crippen LogP contribution in [0.15, 0.2) is 48.5 Å². The van der Waals surface area contributed by atoms with Crippen LogP contribution in [0, 0.1) is 5.92 Å². The summed E-state index contributed by atoms with van der Waals surface area (Å²) in [6, 6.07) is 15.8. The minimum atomic E-state index is 0.0120. The Kier molecular flexibility index (Phi) is 6.63. The van der Waals surface area contributed by atoms with Gasteiger partial charge in [0.25, 0.3) is 0 Å². The van der Waals surface area contributed by atoms with Crippen LogP contribution < -0.4 is 10.2 Å². The smallest absolute Gasteiger partial charge is 0.322 e. The van der Waals surface area contributed by atoms with Crippen molar-refractivity contribution in [2.45, 2.75) is 31.7 Å². The van der Waals surface area contributed by atoms with E-state index in [2.05, 4.69) is 10.2 Å². The maximum Gasteiger partial charge on any atom is 0.322 e.